The number of aryl methyl sites for hydroxylation is 1. The molecule has 0 atom stereocenters. The third kappa shape index (κ3) is 4.55. The Labute approximate surface area is 167 Å². The van der Waals surface area contributed by atoms with Crippen molar-refractivity contribution in [3.05, 3.63) is 71.1 Å². The van der Waals surface area contributed by atoms with Gasteiger partial charge in [-0.05, 0) is 37.6 Å². The van der Waals surface area contributed by atoms with Crippen molar-refractivity contribution < 1.29 is 14.3 Å². The monoisotopic (exact) mass is 390 g/mol. The van der Waals surface area contributed by atoms with Crippen molar-refractivity contribution in [3.63, 3.8) is 0 Å². The van der Waals surface area contributed by atoms with Gasteiger partial charge in [-0.15, -0.1) is 0 Å². The van der Waals surface area contributed by atoms with Crippen LogP contribution in [-0.2, 0) is 6.42 Å². The number of nitrogens with one attached hydrogen (secondary N) is 1. The van der Waals surface area contributed by atoms with E-state index in [1.165, 1.54) is 18.5 Å². The molecule has 146 valence electrons. The molecule has 2 heterocycles. The number of pyridine rings is 1. The van der Waals surface area contributed by atoms with Crippen LogP contribution in [0.2, 0.25) is 0 Å². The fourth-order valence-electron chi connectivity index (χ4n) is 2.76. The van der Waals surface area contributed by atoms with Gasteiger partial charge in [0.05, 0.1) is 22.5 Å². The maximum Gasteiger partial charge on any atom is 0.338 e. The number of rotatable bonds is 5. The van der Waals surface area contributed by atoms with Crippen LogP contribution in [0.15, 0.2) is 42.9 Å². The molecule has 3 aromatic rings. The summed E-state index contributed by atoms with van der Waals surface area (Å²) >= 11 is 0. The lowest BCUT2D eigenvalue weighted by molar-refractivity contribution is 0.0692. The van der Waals surface area contributed by atoms with E-state index in [0.29, 0.717) is 23.2 Å². The van der Waals surface area contributed by atoms with Crippen LogP contribution in [0.5, 0.6) is 0 Å². The molecule has 1 aromatic carbocycles. The Morgan fingerprint density at radius 3 is 2.59 bits per heavy atom. The Balaban J connectivity index is 2.04. The molecule has 0 radical (unpaired) electrons. The molecule has 6 nitrogen and oxygen atoms in total. The predicted molar refractivity (Wildman–Crippen MR) is 108 cm³/mol. The Bertz CT molecular complexity index is 1100. The van der Waals surface area contributed by atoms with Gasteiger partial charge in [-0.3, -0.25) is 0 Å². The van der Waals surface area contributed by atoms with E-state index in [1.54, 1.807) is 6.20 Å². The highest BCUT2D eigenvalue weighted by molar-refractivity contribution is 5.88. The van der Waals surface area contributed by atoms with Crippen LogP contribution in [0.25, 0.3) is 11.3 Å². The highest BCUT2D eigenvalue weighted by Gasteiger charge is 2.15. The van der Waals surface area contributed by atoms with Crippen molar-refractivity contribution in [2.24, 2.45) is 0 Å². The molecule has 0 fully saturated rings. The molecular weight excluding hydrogens is 371 g/mol. The summed E-state index contributed by atoms with van der Waals surface area (Å²) in [5.41, 5.74) is 2.52. The van der Waals surface area contributed by atoms with Crippen LogP contribution < -0.4 is 5.32 Å². The number of anilines is 1. The van der Waals surface area contributed by atoms with Gasteiger partial charge in [0.1, 0.15) is 18.0 Å². The Morgan fingerprint density at radius 2 is 1.97 bits per heavy atom. The summed E-state index contributed by atoms with van der Waals surface area (Å²) in [6.07, 6.45) is 3.68. The van der Waals surface area contributed by atoms with E-state index in [9.17, 15) is 9.18 Å². The third-order valence-corrected chi connectivity index (χ3v) is 4.19. The molecular formula is C22H19FN4O2. The molecule has 3 rings (SSSR count). The van der Waals surface area contributed by atoms with E-state index in [4.69, 9.17) is 5.11 Å². The summed E-state index contributed by atoms with van der Waals surface area (Å²) < 4.78 is 14.2. The smallest absolute Gasteiger partial charge is 0.338 e. The minimum absolute atomic E-state index is 0.391. The molecule has 0 aliphatic carbocycles. The number of carboxylic acid groups (broad SMARTS) is 1. The average Bonchev–Trinajstić information content (AvgIpc) is 2.73. The topological polar surface area (TPSA) is 88.0 Å². The highest BCUT2D eigenvalue weighted by Crippen LogP contribution is 2.25. The first kappa shape index (κ1) is 20.0. The number of aromatic nitrogens is 3. The van der Waals surface area contributed by atoms with Gasteiger partial charge in [0.15, 0.2) is 0 Å². The van der Waals surface area contributed by atoms with Crippen molar-refractivity contribution in [1.82, 2.24) is 15.0 Å². The Hall–Kier alpha value is -3.79. The van der Waals surface area contributed by atoms with Crippen LogP contribution in [0.4, 0.5) is 10.2 Å². The second-order valence-corrected chi connectivity index (χ2v) is 6.11. The zero-order chi connectivity index (χ0) is 20.8. The normalized spacial score (nSPS) is 10.2. The largest absolute Gasteiger partial charge is 0.478 e. The SMILES string of the molecule is CCNc1ccc(C#Cc2c(CC)ncnc2-c2ccc(C(=O)O)c(F)c2)cn1. The zero-order valence-corrected chi connectivity index (χ0v) is 16.0. The maximum absolute atomic E-state index is 14.2. The van der Waals surface area contributed by atoms with Crippen LogP contribution in [0.3, 0.4) is 0 Å². The number of aromatic carboxylic acids is 1. The molecule has 0 spiro atoms. The Kier molecular flexibility index (Phi) is 6.15. The van der Waals surface area contributed by atoms with Crippen molar-refractivity contribution in [3.8, 4) is 23.1 Å². The van der Waals surface area contributed by atoms with Crippen molar-refractivity contribution in [1.29, 1.82) is 0 Å². The molecule has 2 N–H and O–H groups in total. The van der Waals surface area contributed by atoms with E-state index in [0.717, 1.165) is 29.7 Å². The average molecular weight is 390 g/mol. The quantitative estimate of drug-likeness (QED) is 0.645. The second kappa shape index (κ2) is 8.93. The fraction of sp³-hybridized carbons (Fsp3) is 0.182. The van der Waals surface area contributed by atoms with E-state index >= 15 is 0 Å². The number of halogens is 1. The van der Waals surface area contributed by atoms with Crippen molar-refractivity contribution in [2.45, 2.75) is 20.3 Å². The van der Waals surface area contributed by atoms with Gasteiger partial charge in [0.2, 0.25) is 0 Å². The Morgan fingerprint density at radius 1 is 1.14 bits per heavy atom. The van der Waals surface area contributed by atoms with E-state index in [-0.39, 0.29) is 0 Å². The first-order chi connectivity index (χ1) is 14.0. The first-order valence-corrected chi connectivity index (χ1v) is 9.12. The molecule has 0 aliphatic heterocycles. The number of carbonyl (C=O) groups is 1. The lowest BCUT2D eigenvalue weighted by Gasteiger charge is -2.08. The number of nitrogens with zero attached hydrogens (tertiary/aromatic N) is 3. The number of carboxylic acids is 1. The molecule has 7 heteroatoms. The van der Waals surface area contributed by atoms with E-state index < -0.39 is 17.3 Å². The number of hydrogen-bond acceptors (Lipinski definition) is 5. The lowest BCUT2D eigenvalue weighted by Crippen LogP contribution is -2.02. The maximum atomic E-state index is 14.2. The van der Waals surface area contributed by atoms with Gasteiger partial charge < -0.3 is 10.4 Å². The zero-order valence-electron chi connectivity index (χ0n) is 16.0. The van der Waals surface area contributed by atoms with Crippen LogP contribution in [-0.4, -0.2) is 32.6 Å². The summed E-state index contributed by atoms with van der Waals surface area (Å²) in [5, 5.41) is 12.1. The predicted octanol–water partition coefficient (Wildman–Crippen LogP) is 3.77. The fourth-order valence-corrected chi connectivity index (χ4v) is 2.76. The number of hydrogen-bond donors (Lipinski definition) is 2. The first-order valence-electron chi connectivity index (χ1n) is 9.12. The molecule has 0 bridgehead atoms. The van der Waals surface area contributed by atoms with Gasteiger partial charge >= 0.3 is 5.97 Å². The highest BCUT2D eigenvalue weighted by atomic mass is 19.1. The second-order valence-electron chi connectivity index (χ2n) is 6.11. The van der Waals surface area contributed by atoms with Crippen LogP contribution >= 0.6 is 0 Å². The van der Waals surface area contributed by atoms with Gasteiger partial charge in [0, 0.05) is 23.9 Å². The van der Waals surface area contributed by atoms with Gasteiger partial charge in [-0.25, -0.2) is 24.1 Å². The molecule has 2 aromatic heterocycles. The summed E-state index contributed by atoms with van der Waals surface area (Å²) in [7, 11) is 0. The molecule has 0 amide bonds. The third-order valence-electron chi connectivity index (χ3n) is 4.19. The summed E-state index contributed by atoms with van der Waals surface area (Å²) in [6.45, 7) is 4.71. The summed E-state index contributed by atoms with van der Waals surface area (Å²) in [5.74, 6) is 4.76. The minimum atomic E-state index is -1.32. The summed E-state index contributed by atoms with van der Waals surface area (Å²) in [6, 6.07) is 7.60. The van der Waals surface area contributed by atoms with Crippen LogP contribution in [0.1, 0.15) is 41.0 Å². The summed E-state index contributed by atoms with van der Waals surface area (Å²) in [4.78, 5) is 23.9. The van der Waals surface area contributed by atoms with Gasteiger partial charge in [-0.1, -0.05) is 24.8 Å². The molecule has 0 saturated heterocycles. The van der Waals surface area contributed by atoms with E-state index in [1.807, 2.05) is 26.0 Å². The van der Waals surface area contributed by atoms with Crippen molar-refractivity contribution in [2.75, 3.05) is 11.9 Å². The number of benzene rings is 1. The molecule has 0 unspecified atom stereocenters. The minimum Gasteiger partial charge on any atom is -0.478 e. The molecule has 0 saturated carbocycles. The van der Waals surface area contributed by atoms with Crippen LogP contribution in [0, 0.1) is 17.7 Å². The lowest BCUT2D eigenvalue weighted by atomic mass is 10.0. The van der Waals surface area contributed by atoms with E-state index in [2.05, 4.69) is 32.1 Å². The molecule has 0 aliphatic rings. The molecule has 29 heavy (non-hydrogen) atoms. The van der Waals surface area contributed by atoms with Crippen molar-refractivity contribution >= 4 is 11.8 Å². The standard InChI is InChI=1S/C22H19FN4O2/c1-3-19-17(8-5-14-6-10-20(24-4-2)25-12-14)21(27-13-26-19)15-7-9-16(22(28)29)18(23)11-15/h6-7,9-13H,3-4H2,1-2H3,(H,24,25)(H,28,29). The van der Waals surface area contributed by atoms with Gasteiger partial charge in [-0.2, -0.15) is 0 Å². The van der Waals surface area contributed by atoms with Gasteiger partial charge in [0.25, 0.3) is 0 Å².